The van der Waals surface area contributed by atoms with E-state index >= 15 is 0 Å². The summed E-state index contributed by atoms with van der Waals surface area (Å²) < 4.78 is 12.4. The van der Waals surface area contributed by atoms with Gasteiger partial charge in [0.25, 0.3) is 0 Å². The Morgan fingerprint density at radius 3 is 2.87 bits per heavy atom. The number of hydrogen-bond donors (Lipinski definition) is 0. The molecule has 1 fully saturated rings. The fourth-order valence-electron chi connectivity index (χ4n) is 4.05. The molecular formula is C23H25N3O3S. The predicted molar refractivity (Wildman–Crippen MR) is 117 cm³/mol. The van der Waals surface area contributed by atoms with Gasteiger partial charge in [0.15, 0.2) is 0 Å². The molecule has 2 aromatic carbocycles. The van der Waals surface area contributed by atoms with Gasteiger partial charge in [0.1, 0.15) is 17.4 Å². The normalized spacial score (nSPS) is 16.6. The molecule has 5 rings (SSSR count). The minimum Gasteiger partial charge on any atom is -0.493 e. The first-order valence-electron chi connectivity index (χ1n) is 10.4. The predicted octanol–water partition coefficient (Wildman–Crippen LogP) is 3.09. The first-order valence-corrected chi connectivity index (χ1v) is 11.2. The molecule has 0 saturated carbocycles. The summed E-state index contributed by atoms with van der Waals surface area (Å²) in [7, 11) is 0. The minimum atomic E-state index is 0.0606. The number of carbonyl (C=O) groups is 1. The third-order valence-electron chi connectivity index (χ3n) is 5.67. The lowest BCUT2D eigenvalue weighted by molar-refractivity contribution is -0.138. The number of para-hydroxylation sites is 1. The van der Waals surface area contributed by atoms with Gasteiger partial charge in [0.2, 0.25) is 5.91 Å². The van der Waals surface area contributed by atoms with Gasteiger partial charge in [0.05, 0.1) is 23.4 Å². The molecule has 0 unspecified atom stereocenters. The summed E-state index contributed by atoms with van der Waals surface area (Å²) >= 11 is 1.62. The van der Waals surface area contributed by atoms with Gasteiger partial charge >= 0.3 is 0 Å². The maximum absolute atomic E-state index is 12.5. The smallest absolute Gasteiger partial charge is 0.248 e. The van der Waals surface area contributed by atoms with Gasteiger partial charge in [-0.1, -0.05) is 24.3 Å². The number of piperazine rings is 1. The van der Waals surface area contributed by atoms with Gasteiger partial charge in [-0.2, -0.15) is 0 Å². The molecule has 1 saturated heterocycles. The van der Waals surface area contributed by atoms with E-state index in [1.165, 1.54) is 11.1 Å². The number of aromatic nitrogens is 1. The Labute approximate surface area is 180 Å². The lowest BCUT2D eigenvalue weighted by Crippen LogP contribution is -2.49. The van der Waals surface area contributed by atoms with Gasteiger partial charge < -0.3 is 14.4 Å². The van der Waals surface area contributed by atoms with Gasteiger partial charge in [-0.15, -0.1) is 11.3 Å². The first-order chi connectivity index (χ1) is 14.7. The van der Waals surface area contributed by atoms with Crippen LogP contribution in [-0.2, 0) is 29.1 Å². The van der Waals surface area contributed by atoms with Crippen LogP contribution >= 0.6 is 11.3 Å². The average Bonchev–Trinajstić information content (AvgIpc) is 3.40. The topological polar surface area (TPSA) is 54.9 Å². The second-order valence-corrected chi connectivity index (χ2v) is 8.88. The lowest BCUT2D eigenvalue weighted by Gasteiger charge is -2.34. The molecule has 7 heteroatoms. The molecule has 6 nitrogen and oxygen atoms in total. The lowest BCUT2D eigenvalue weighted by atomic mass is 10.1. The Morgan fingerprint density at radius 1 is 1.13 bits per heavy atom. The van der Waals surface area contributed by atoms with Crippen LogP contribution in [0.3, 0.4) is 0 Å². The van der Waals surface area contributed by atoms with E-state index in [-0.39, 0.29) is 12.5 Å². The Hall–Kier alpha value is -2.48. The Kier molecular flexibility index (Phi) is 5.66. The quantitative estimate of drug-likeness (QED) is 0.610. The first kappa shape index (κ1) is 19.5. The largest absolute Gasteiger partial charge is 0.493 e. The van der Waals surface area contributed by atoms with Crippen molar-refractivity contribution in [3.63, 3.8) is 0 Å². The molecule has 3 aromatic rings. The van der Waals surface area contributed by atoms with Gasteiger partial charge in [-0.05, 0) is 29.3 Å². The molecule has 2 aliphatic rings. The summed E-state index contributed by atoms with van der Waals surface area (Å²) in [5.41, 5.74) is 3.62. The number of amides is 1. The number of thiazole rings is 1. The standard InChI is InChI=1S/C23H25N3O3S/c27-23(16-28-15-22-24-19-3-1-2-4-21(19)30-22)26-10-8-25(9-11-26)14-17-5-6-20-18(13-17)7-12-29-20/h1-6,13H,7-12,14-16H2. The number of benzene rings is 2. The highest BCUT2D eigenvalue weighted by Crippen LogP contribution is 2.26. The van der Waals surface area contributed by atoms with Crippen molar-refractivity contribution in [2.75, 3.05) is 39.4 Å². The van der Waals surface area contributed by atoms with E-state index in [0.29, 0.717) is 6.61 Å². The Morgan fingerprint density at radius 2 is 2.00 bits per heavy atom. The van der Waals surface area contributed by atoms with E-state index in [0.717, 1.165) is 66.7 Å². The molecule has 0 bridgehead atoms. The fourth-order valence-corrected chi connectivity index (χ4v) is 4.96. The number of nitrogens with zero attached hydrogens (tertiary/aromatic N) is 3. The second kappa shape index (κ2) is 8.71. The summed E-state index contributed by atoms with van der Waals surface area (Å²) in [6.07, 6.45) is 1.00. The molecule has 0 aliphatic carbocycles. The number of rotatable bonds is 6. The highest BCUT2D eigenvalue weighted by atomic mass is 32.1. The van der Waals surface area contributed by atoms with Crippen molar-refractivity contribution < 1.29 is 14.3 Å². The molecular weight excluding hydrogens is 398 g/mol. The molecule has 0 radical (unpaired) electrons. The van der Waals surface area contributed by atoms with E-state index in [1.807, 2.05) is 23.1 Å². The van der Waals surface area contributed by atoms with E-state index in [9.17, 15) is 4.79 Å². The molecule has 156 valence electrons. The average molecular weight is 424 g/mol. The minimum absolute atomic E-state index is 0.0606. The van der Waals surface area contributed by atoms with Crippen molar-refractivity contribution in [3.05, 3.63) is 58.6 Å². The van der Waals surface area contributed by atoms with E-state index < -0.39 is 0 Å². The summed E-state index contributed by atoms with van der Waals surface area (Å²) in [5.74, 6) is 1.09. The van der Waals surface area contributed by atoms with Crippen LogP contribution in [0.25, 0.3) is 10.2 Å². The van der Waals surface area contributed by atoms with Crippen molar-refractivity contribution in [2.24, 2.45) is 0 Å². The molecule has 0 N–H and O–H groups in total. The van der Waals surface area contributed by atoms with E-state index in [4.69, 9.17) is 9.47 Å². The van der Waals surface area contributed by atoms with Crippen LogP contribution in [0.5, 0.6) is 5.75 Å². The third kappa shape index (κ3) is 4.33. The van der Waals surface area contributed by atoms with Crippen LogP contribution in [0.15, 0.2) is 42.5 Å². The molecule has 0 spiro atoms. The Bertz CT molecular complexity index is 1010. The highest BCUT2D eigenvalue weighted by Gasteiger charge is 2.22. The van der Waals surface area contributed by atoms with Crippen LogP contribution in [-0.4, -0.2) is 60.1 Å². The van der Waals surface area contributed by atoms with Gasteiger partial charge in [-0.25, -0.2) is 4.98 Å². The maximum atomic E-state index is 12.5. The zero-order valence-electron chi connectivity index (χ0n) is 16.9. The van der Waals surface area contributed by atoms with Crippen LogP contribution in [0.4, 0.5) is 0 Å². The Balaban J connectivity index is 1.06. The third-order valence-corrected chi connectivity index (χ3v) is 6.68. The zero-order valence-corrected chi connectivity index (χ0v) is 17.7. The summed E-state index contributed by atoms with van der Waals surface area (Å²) in [6, 6.07) is 14.5. The van der Waals surface area contributed by atoms with E-state index in [1.54, 1.807) is 11.3 Å². The maximum Gasteiger partial charge on any atom is 0.248 e. The van der Waals surface area contributed by atoms with Crippen molar-refractivity contribution in [3.8, 4) is 5.75 Å². The van der Waals surface area contributed by atoms with Crippen LogP contribution in [0.1, 0.15) is 16.1 Å². The fraction of sp³-hybridized carbons (Fsp3) is 0.391. The van der Waals surface area contributed by atoms with Gasteiger partial charge in [0, 0.05) is 39.1 Å². The van der Waals surface area contributed by atoms with Crippen LogP contribution in [0, 0.1) is 0 Å². The van der Waals surface area contributed by atoms with Crippen molar-refractivity contribution in [1.82, 2.24) is 14.8 Å². The number of ether oxygens (including phenoxy) is 2. The van der Waals surface area contributed by atoms with Crippen molar-refractivity contribution >= 4 is 27.5 Å². The SMILES string of the molecule is O=C(COCc1nc2ccccc2s1)N1CCN(Cc2ccc3c(c2)CCO3)CC1. The number of carbonyl (C=O) groups excluding carboxylic acids is 1. The summed E-state index contributed by atoms with van der Waals surface area (Å²) in [4.78, 5) is 21.4. The van der Waals surface area contributed by atoms with Crippen molar-refractivity contribution in [1.29, 1.82) is 0 Å². The molecule has 3 heterocycles. The highest BCUT2D eigenvalue weighted by molar-refractivity contribution is 7.18. The van der Waals surface area contributed by atoms with Crippen molar-refractivity contribution in [2.45, 2.75) is 19.6 Å². The summed E-state index contributed by atoms with van der Waals surface area (Å²) in [5, 5.41) is 0.911. The molecule has 30 heavy (non-hydrogen) atoms. The van der Waals surface area contributed by atoms with Gasteiger partial charge in [-0.3, -0.25) is 9.69 Å². The molecule has 1 aromatic heterocycles. The second-order valence-electron chi connectivity index (χ2n) is 7.77. The molecule has 1 amide bonds. The number of fused-ring (bicyclic) bond motifs is 2. The zero-order chi connectivity index (χ0) is 20.3. The monoisotopic (exact) mass is 423 g/mol. The van der Waals surface area contributed by atoms with Crippen LogP contribution in [0.2, 0.25) is 0 Å². The van der Waals surface area contributed by atoms with E-state index in [2.05, 4.69) is 34.1 Å². The molecule has 2 aliphatic heterocycles. The van der Waals surface area contributed by atoms with Crippen LogP contribution < -0.4 is 4.74 Å². The summed E-state index contributed by atoms with van der Waals surface area (Å²) in [6.45, 7) is 5.47. The number of hydrogen-bond acceptors (Lipinski definition) is 6. The molecule has 0 atom stereocenters.